The first-order valence-electron chi connectivity index (χ1n) is 6.77. The number of ether oxygens (including phenoxy) is 1. The van der Waals surface area contributed by atoms with E-state index in [1.54, 1.807) is 0 Å². The highest BCUT2D eigenvalue weighted by atomic mass is 16.5. The van der Waals surface area contributed by atoms with Gasteiger partial charge in [0.15, 0.2) is 0 Å². The van der Waals surface area contributed by atoms with Crippen LogP contribution in [0.5, 0.6) is 0 Å². The Kier molecular flexibility index (Phi) is 7.04. The number of aliphatic hydroxyl groups is 1. The average molecular weight is 244 g/mol. The second kappa shape index (κ2) is 8.03. The van der Waals surface area contributed by atoms with Gasteiger partial charge in [0.1, 0.15) is 0 Å². The molecule has 4 heteroatoms. The van der Waals surface area contributed by atoms with E-state index in [-0.39, 0.29) is 6.10 Å². The molecule has 2 atom stereocenters. The Morgan fingerprint density at radius 3 is 2.76 bits per heavy atom. The van der Waals surface area contributed by atoms with Gasteiger partial charge in [0.2, 0.25) is 0 Å². The van der Waals surface area contributed by atoms with Crippen LogP contribution in [-0.4, -0.2) is 62.0 Å². The lowest BCUT2D eigenvalue weighted by molar-refractivity contribution is 0.0602. The fraction of sp³-hybridized carbons (Fsp3) is 1.00. The van der Waals surface area contributed by atoms with Gasteiger partial charge in [0, 0.05) is 26.2 Å². The lowest BCUT2D eigenvalue weighted by atomic mass is 10.2. The van der Waals surface area contributed by atoms with Crippen molar-refractivity contribution in [2.75, 3.05) is 39.8 Å². The molecule has 102 valence electrons. The van der Waals surface area contributed by atoms with E-state index < -0.39 is 0 Å². The Balaban J connectivity index is 2.05. The minimum Gasteiger partial charge on any atom is -0.390 e. The Morgan fingerprint density at radius 2 is 2.18 bits per heavy atom. The second-order valence-electron chi connectivity index (χ2n) is 5.56. The molecule has 4 nitrogen and oxygen atoms in total. The average Bonchev–Trinajstić information content (AvgIpc) is 2.69. The van der Waals surface area contributed by atoms with E-state index in [2.05, 4.69) is 24.1 Å². The minimum absolute atomic E-state index is 0.292. The summed E-state index contributed by atoms with van der Waals surface area (Å²) in [6.07, 6.45) is 2.42. The molecule has 2 unspecified atom stereocenters. The SMILES string of the molecule is CC(C)CNCC(O)CN(C)CC1CCCO1. The highest BCUT2D eigenvalue weighted by molar-refractivity contribution is 4.71. The van der Waals surface area contributed by atoms with E-state index in [1.807, 2.05) is 7.05 Å². The van der Waals surface area contributed by atoms with Crippen LogP contribution in [0.3, 0.4) is 0 Å². The molecule has 0 spiro atoms. The molecule has 0 amide bonds. The molecule has 1 saturated heterocycles. The summed E-state index contributed by atoms with van der Waals surface area (Å²) in [5.74, 6) is 0.631. The fourth-order valence-electron chi connectivity index (χ4n) is 2.17. The van der Waals surface area contributed by atoms with Crippen LogP contribution in [0, 0.1) is 5.92 Å². The molecule has 0 bridgehead atoms. The monoisotopic (exact) mass is 244 g/mol. The van der Waals surface area contributed by atoms with Crippen LogP contribution in [0.15, 0.2) is 0 Å². The van der Waals surface area contributed by atoms with Gasteiger partial charge in [-0.25, -0.2) is 0 Å². The Bertz CT molecular complexity index is 194. The summed E-state index contributed by atoms with van der Waals surface area (Å²) >= 11 is 0. The molecular formula is C13H28N2O2. The number of hydrogen-bond acceptors (Lipinski definition) is 4. The highest BCUT2D eigenvalue weighted by Gasteiger charge is 2.18. The van der Waals surface area contributed by atoms with Crippen molar-refractivity contribution in [3.8, 4) is 0 Å². The Hall–Kier alpha value is -0.160. The van der Waals surface area contributed by atoms with Crippen molar-refractivity contribution < 1.29 is 9.84 Å². The normalized spacial score (nSPS) is 22.6. The van der Waals surface area contributed by atoms with Crippen molar-refractivity contribution in [1.29, 1.82) is 0 Å². The predicted octanol–water partition coefficient (Wildman–Crippen LogP) is 0.704. The quantitative estimate of drug-likeness (QED) is 0.660. The maximum Gasteiger partial charge on any atom is 0.0791 e. The standard InChI is InChI=1S/C13H28N2O2/c1-11(2)7-14-8-12(16)9-15(3)10-13-5-4-6-17-13/h11-14,16H,4-10H2,1-3H3. The zero-order valence-electron chi connectivity index (χ0n) is 11.5. The van der Waals surface area contributed by atoms with Gasteiger partial charge in [0.25, 0.3) is 0 Å². The summed E-state index contributed by atoms with van der Waals surface area (Å²) < 4.78 is 5.58. The van der Waals surface area contributed by atoms with Crippen LogP contribution < -0.4 is 5.32 Å². The zero-order valence-corrected chi connectivity index (χ0v) is 11.5. The number of nitrogens with zero attached hydrogens (tertiary/aromatic N) is 1. The number of aliphatic hydroxyl groups excluding tert-OH is 1. The van der Waals surface area contributed by atoms with Crippen molar-refractivity contribution in [3.05, 3.63) is 0 Å². The predicted molar refractivity (Wildman–Crippen MR) is 70.2 cm³/mol. The number of hydrogen-bond donors (Lipinski definition) is 2. The number of likely N-dealkylation sites (N-methyl/N-ethyl adjacent to an activating group) is 1. The Morgan fingerprint density at radius 1 is 1.41 bits per heavy atom. The molecule has 0 aromatic heterocycles. The molecule has 0 saturated carbocycles. The molecule has 0 radical (unpaired) electrons. The van der Waals surface area contributed by atoms with Crippen molar-refractivity contribution >= 4 is 0 Å². The van der Waals surface area contributed by atoms with Gasteiger partial charge in [0.05, 0.1) is 12.2 Å². The van der Waals surface area contributed by atoms with Gasteiger partial charge in [-0.05, 0) is 32.4 Å². The van der Waals surface area contributed by atoms with Crippen molar-refractivity contribution in [2.45, 2.75) is 38.9 Å². The van der Waals surface area contributed by atoms with E-state index in [0.717, 1.165) is 26.1 Å². The molecule has 0 aliphatic carbocycles. The largest absolute Gasteiger partial charge is 0.390 e. The lowest BCUT2D eigenvalue weighted by Crippen LogP contribution is -2.40. The van der Waals surface area contributed by atoms with Crippen molar-refractivity contribution in [3.63, 3.8) is 0 Å². The van der Waals surface area contributed by atoms with Crippen LogP contribution in [0.1, 0.15) is 26.7 Å². The smallest absolute Gasteiger partial charge is 0.0791 e. The lowest BCUT2D eigenvalue weighted by Gasteiger charge is -2.23. The summed E-state index contributed by atoms with van der Waals surface area (Å²) in [5, 5.41) is 13.1. The summed E-state index contributed by atoms with van der Waals surface area (Å²) in [4.78, 5) is 2.16. The molecule has 0 aromatic rings. The topological polar surface area (TPSA) is 44.7 Å². The minimum atomic E-state index is -0.292. The third-order valence-electron chi connectivity index (χ3n) is 2.99. The molecule has 1 fully saturated rings. The molecular weight excluding hydrogens is 216 g/mol. The van der Waals surface area contributed by atoms with Crippen molar-refractivity contribution in [2.24, 2.45) is 5.92 Å². The molecule has 1 aliphatic rings. The van der Waals surface area contributed by atoms with E-state index >= 15 is 0 Å². The summed E-state index contributed by atoms with van der Waals surface area (Å²) in [7, 11) is 2.05. The van der Waals surface area contributed by atoms with Crippen LogP contribution in [-0.2, 0) is 4.74 Å². The van der Waals surface area contributed by atoms with E-state index in [9.17, 15) is 5.11 Å². The maximum absolute atomic E-state index is 9.86. The van der Waals surface area contributed by atoms with Crippen LogP contribution in [0.4, 0.5) is 0 Å². The number of nitrogens with one attached hydrogen (secondary N) is 1. The van der Waals surface area contributed by atoms with E-state index in [0.29, 0.717) is 25.1 Å². The van der Waals surface area contributed by atoms with E-state index in [1.165, 1.54) is 6.42 Å². The summed E-state index contributed by atoms with van der Waals surface area (Å²) in [5.41, 5.74) is 0. The molecule has 2 N–H and O–H groups in total. The van der Waals surface area contributed by atoms with Gasteiger partial charge in [-0.15, -0.1) is 0 Å². The highest BCUT2D eigenvalue weighted by Crippen LogP contribution is 2.12. The summed E-state index contributed by atoms with van der Waals surface area (Å²) in [6, 6.07) is 0. The van der Waals surface area contributed by atoms with E-state index in [4.69, 9.17) is 4.74 Å². The van der Waals surface area contributed by atoms with Crippen LogP contribution >= 0.6 is 0 Å². The first-order valence-corrected chi connectivity index (χ1v) is 6.77. The van der Waals surface area contributed by atoms with Gasteiger partial charge < -0.3 is 20.1 Å². The first kappa shape index (κ1) is 14.9. The maximum atomic E-state index is 9.86. The summed E-state index contributed by atoms with van der Waals surface area (Å²) in [6.45, 7) is 8.52. The van der Waals surface area contributed by atoms with Gasteiger partial charge in [-0.2, -0.15) is 0 Å². The third-order valence-corrected chi connectivity index (χ3v) is 2.99. The molecule has 0 aromatic carbocycles. The fourth-order valence-corrected chi connectivity index (χ4v) is 2.17. The van der Waals surface area contributed by atoms with Crippen LogP contribution in [0.2, 0.25) is 0 Å². The van der Waals surface area contributed by atoms with Gasteiger partial charge >= 0.3 is 0 Å². The first-order chi connectivity index (χ1) is 8.08. The van der Waals surface area contributed by atoms with Gasteiger partial charge in [-0.3, -0.25) is 0 Å². The molecule has 1 heterocycles. The second-order valence-corrected chi connectivity index (χ2v) is 5.56. The number of rotatable bonds is 8. The third kappa shape index (κ3) is 6.99. The molecule has 1 aliphatic heterocycles. The van der Waals surface area contributed by atoms with Crippen LogP contribution in [0.25, 0.3) is 0 Å². The Labute approximate surface area is 105 Å². The molecule has 1 rings (SSSR count). The zero-order chi connectivity index (χ0) is 12.7. The van der Waals surface area contributed by atoms with Crippen molar-refractivity contribution in [1.82, 2.24) is 10.2 Å². The molecule has 17 heavy (non-hydrogen) atoms. The van der Waals surface area contributed by atoms with Gasteiger partial charge in [-0.1, -0.05) is 13.8 Å².